The highest BCUT2D eigenvalue weighted by Gasteiger charge is 2.37. The van der Waals surface area contributed by atoms with Crippen LogP contribution in [0.1, 0.15) is 11.3 Å². The van der Waals surface area contributed by atoms with E-state index in [0.29, 0.717) is 16.3 Å². The number of benzene rings is 2. The molecule has 2 aromatic carbocycles. The molecule has 1 aliphatic heterocycles. The number of para-hydroxylation sites is 1. The highest BCUT2D eigenvalue weighted by atomic mass is 32.2. The standard InChI is InChI=1S/C21H18N4O2S/c1-14-18(20(27)25(23(14)2)16-11-7-4-8-12-16)24-19(26)17(28-21(24)22)13-15-9-5-3-6-10-15/h3-13,22H,1-2H3. The molecule has 1 fully saturated rings. The van der Waals surface area contributed by atoms with Crippen LogP contribution in [0.15, 0.2) is 70.4 Å². The van der Waals surface area contributed by atoms with Gasteiger partial charge in [0.1, 0.15) is 5.69 Å². The number of aromatic nitrogens is 2. The number of anilines is 1. The molecule has 0 saturated carbocycles. The lowest BCUT2D eigenvalue weighted by Gasteiger charge is -2.12. The molecule has 0 aliphatic carbocycles. The summed E-state index contributed by atoms with van der Waals surface area (Å²) in [5.74, 6) is -0.357. The summed E-state index contributed by atoms with van der Waals surface area (Å²) in [7, 11) is 1.77. The van der Waals surface area contributed by atoms with Gasteiger partial charge in [0.05, 0.1) is 16.3 Å². The SMILES string of the molecule is Cc1c(N2C(=N)SC(=Cc3ccccc3)C2=O)c(=O)n(-c2ccccc2)n1C. The second-order valence-corrected chi connectivity index (χ2v) is 7.41. The third-order valence-electron chi connectivity index (χ3n) is 4.67. The first kappa shape index (κ1) is 18.1. The molecule has 1 amide bonds. The van der Waals surface area contributed by atoms with Gasteiger partial charge in [-0.2, -0.15) is 0 Å². The predicted octanol–water partition coefficient (Wildman–Crippen LogP) is 3.54. The summed E-state index contributed by atoms with van der Waals surface area (Å²) in [5, 5.41) is 8.34. The molecular weight excluding hydrogens is 372 g/mol. The van der Waals surface area contributed by atoms with E-state index in [9.17, 15) is 9.59 Å². The monoisotopic (exact) mass is 390 g/mol. The van der Waals surface area contributed by atoms with Crippen molar-refractivity contribution in [3.63, 3.8) is 0 Å². The van der Waals surface area contributed by atoms with Crippen LogP contribution >= 0.6 is 11.8 Å². The van der Waals surface area contributed by atoms with Crippen molar-refractivity contribution in [3.05, 3.63) is 87.2 Å². The van der Waals surface area contributed by atoms with E-state index < -0.39 is 0 Å². The minimum atomic E-state index is -0.357. The number of nitrogens with one attached hydrogen (secondary N) is 1. The first-order chi connectivity index (χ1) is 13.5. The van der Waals surface area contributed by atoms with Crippen molar-refractivity contribution in [3.8, 4) is 5.69 Å². The van der Waals surface area contributed by atoms with Crippen molar-refractivity contribution in [2.75, 3.05) is 4.90 Å². The molecule has 0 spiro atoms. The lowest BCUT2D eigenvalue weighted by atomic mass is 10.2. The summed E-state index contributed by atoms with van der Waals surface area (Å²) in [6.45, 7) is 1.78. The Morgan fingerprint density at radius 3 is 2.21 bits per heavy atom. The summed E-state index contributed by atoms with van der Waals surface area (Å²) < 4.78 is 3.21. The van der Waals surface area contributed by atoms with Gasteiger partial charge in [-0.05, 0) is 42.5 Å². The minimum absolute atomic E-state index is 0.0261. The van der Waals surface area contributed by atoms with Gasteiger partial charge in [-0.25, -0.2) is 9.58 Å². The van der Waals surface area contributed by atoms with Gasteiger partial charge in [0.15, 0.2) is 5.17 Å². The van der Waals surface area contributed by atoms with Gasteiger partial charge in [-0.15, -0.1) is 0 Å². The average molecular weight is 390 g/mol. The lowest BCUT2D eigenvalue weighted by Crippen LogP contribution is -2.33. The third-order valence-corrected chi connectivity index (χ3v) is 5.56. The van der Waals surface area contributed by atoms with Crippen LogP contribution in [0, 0.1) is 12.3 Å². The molecule has 140 valence electrons. The maximum Gasteiger partial charge on any atom is 0.296 e. The number of hydrogen-bond donors (Lipinski definition) is 1. The van der Waals surface area contributed by atoms with Crippen molar-refractivity contribution >= 4 is 34.6 Å². The molecule has 3 aromatic rings. The minimum Gasteiger partial charge on any atom is -0.283 e. The van der Waals surface area contributed by atoms with Crippen LogP contribution in [-0.4, -0.2) is 20.4 Å². The van der Waals surface area contributed by atoms with Crippen LogP contribution in [0.5, 0.6) is 0 Å². The Bertz CT molecular complexity index is 1160. The third kappa shape index (κ3) is 2.90. The second kappa shape index (κ2) is 7.01. The first-order valence-electron chi connectivity index (χ1n) is 8.70. The summed E-state index contributed by atoms with van der Waals surface area (Å²) in [6, 6.07) is 18.7. The second-order valence-electron chi connectivity index (χ2n) is 6.38. The normalized spacial score (nSPS) is 15.6. The summed E-state index contributed by atoms with van der Waals surface area (Å²) in [5.41, 5.74) is 2.08. The zero-order valence-electron chi connectivity index (χ0n) is 15.4. The molecule has 28 heavy (non-hydrogen) atoms. The van der Waals surface area contributed by atoms with E-state index >= 15 is 0 Å². The van der Waals surface area contributed by atoms with Gasteiger partial charge in [-0.1, -0.05) is 48.5 Å². The fourth-order valence-corrected chi connectivity index (χ4v) is 4.05. The van der Waals surface area contributed by atoms with Crippen molar-refractivity contribution in [2.45, 2.75) is 6.92 Å². The highest BCUT2D eigenvalue weighted by molar-refractivity contribution is 8.19. The average Bonchev–Trinajstić information content (AvgIpc) is 3.09. The van der Waals surface area contributed by atoms with E-state index in [1.54, 1.807) is 24.7 Å². The molecule has 4 rings (SSSR count). The topological polar surface area (TPSA) is 71.1 Å². The number of amides is 1. The Morgan fingerprint density at radius 2 is 1.57 bits per heavy atom. The number of hydrogen-bond acceptors (Lipinski definition) is 4. The number of amidine groups is 1. The van der Waals surface area contributed by atoms with Gasteiger partial charge < -0.3 is 0 Å². The number of nitrogens with zero attached hydrogens (tertiary/aromatic N) is 3. The summed E-state index contributed by atoms with van der Waals surface area (Å²) in [6.07, 6.45) is 1.75. The van der Waals surface area contributed by atoms with Crippen molar-refractivity contribution in [1.29, 1.82) is 5.41 Å². The van der Waals surface area contributed by atoms with Crippen LogP contribution in [0.3, 0.4) is 0 Å². The van der Waals surface area contributed by atoms with E-state index in [2.05, 4.69) is 0 Å². The van der Waals surface area contributed by atoms with Gasteiger partial charge >= 0.3 is 0 Å². The van der Waals surface area contributed by atoms with Crippen molar-refractivity contribution in [2.24, 2.45) is 7.05 Å². The van der Waals surface area contributed by atoms with E-state index in [1.165, 1.54) is 9.58 Å². The van der Waals surface area contributed by atoms with Gasteiger partial charge in [0, 0.05) is 7.05 Å². The Morgan fingerprint density at radius 1 is 0.964 bits per heavy atom. The Balaban J connectivity index is 1.80. The molecule has 1 saturated heterocycles. The van der Waals surface area contributed by atoms with Crippen LogP contribution in [0.25, 0.3) is 11.8 Å². The van der Waals surface area contributed by atoms with Gasteiger partial charge in [0.25, 0.3) is 11.5 Å². The first-order valence-corrected chi connectivity index (χ1v) is 9.52. The molecule has 0 bridgehead atoms. The molecule has 1 aliphatic rings. The quantitative estimate of drug-likeness (QED) is 0.696. The number of thioether (sulfide) groups is 1. The fraction of sp³-hybridized carbons (Fsp3) is 0.0952. The smallest absolute Gasteiger partial charge is 0.283 e. The van der Waals surface area contributed by atoms with E-state index in [-0.39, 0.29) is 22.3 Å². The predicted molar refractivity (Wildman–Crippen MR) is 113 cm³/mol. The molecule has 6 nitrogen and oxygen atoms in total. The Kier molecular flexibility index (Phi) is 4.52. The van der Waals surface area contributed by atoms with Crippen LogP contribution in [0.2, 0.25) is 0 Å². The maximum atomic E-state index is 13.2. The largest absolute Gasteiger partial charge is 0.296 e. The zero-order chi connectivity index (χ0) is 19.8. The maximum absolute atomic E-state index is 13.2. The van der Waals surface area contributed by atoms with Gasteiger partial charge in [-0.3, -0.25) is 19.7 Å². The molecule has 1 N–H and O–H groups in total. The Hall–Kier alpha value is -3.32. The number of carbonyl (C=O) groups is 1. The Labute approximate surface area is 166 Å². The van der Waals surface area contributed by atoms with Crippen molar-refractivity contribution < 1.29 is 4.79 Å². The van der Waals surface area contributed by atoms with Crippen molar-refractivity contribution in [1.82, 2.24) is 9.36 Å². The molecule has 0 atom stereocenters. The van der Waals surface area contributed by atoms with Crippen LogP contribution in [0.4, 0.5) is 5.69 Å². The van der Waals surface area contributed by atoms with Gasteiger partial charge in [0.2, 0.25) is 0 Å². The molecule has 0 radical (unpaired) electrons. The molecular formula is C21H18N4O2S. The number of rotatable bonds is 3. The lowest BCUT2D eigenvalue weighted by molar-refractivity contribution is -0.113. The fourth-order valence-electron chi connectivity index (χ4n) is 3.20. The molecule has 7 heteroatoms. The molecule has 2 heterocycles. The van der Waals surface area contributed by atoms with E-state index in [4.69, 9.17) is 5.41 Å². The highest BCUT2D eigenvalue weighted by Crippen LogP contribution is 2.35. The summed E-state index contributed by atoms with van der Waals surface area (Å²) >= 11 is 1.06. The van der Waals surface area contributed by atoms with Crippen LogP contribution < -0.4 is 10.5 Å². The molecule has 1 aromatic heterocycles. The molecule has 0 unspecified atom stereocenters. The van der Waals surface area contributed by atoms with E-state index in [0.717, 1.165) is 17.3 Å². The zero-order valence-corrected chi connectivity index (χ0v) is 16.2. The summed E-state index contributed by atoms with van der Waals surface area (Å²) in [4.78, 5) is 27.8. The van der Waals surface area contributed by atoms with E-state index in [1.807, 2.05) is 60.7 Å². The number of carbonyl (C=O) groups excluding carboxylic acids is 1. The van der Waals surface area contributed by atoms with Crippen LogP contribution in [-0.2, 0) is 11.8 Å².